The van der Waals surface area contributed by atoms with Crippen LogP contribution in [0.3, 0.4) is 0 Å². The van der Waals surface area contributed by atoms with Crippen LogP contribution in [-0.4, -0.2) is 37.1 Å². The summed E-state index contributed by atoms with van der Waals surface area (Å²) in [6, 6.07) is 1.98. The fourth-order valence-electron chi connectivity index (χ4n) is 3.35. The maximum atomic E-state index is 12.8. The van der Waals surface area contributed by atoms with E-state index in [0.29, 0.717) is 0 Å². The number of hydrogen-bond donors (Lipinski definition) is 0. The van der Waals surface area contributed by atoms with E-state index in [9.17, 15) is 4.79 Å². The quantitative estimate of drug-likeness (QED) is 0.854. The number of rotatable bonds is 4. The molecule has 0 aliphatic carbocycles. The maximum Gasteiger partial charge on any atom is 0.228 e. The number of carbonyl (C=O) groups excluding carboxylic acids is 1. The normalized spacial score (nSPS) is 17.9. The van der Waals surface area contributed by atoms with Gasteiger partial charge in [-0.15, -0.1) is 0 Å². The lowest BCUT2D eigenvalue weighted by molar-refractivity contribution is -0.140. The Labute approximate surface area is 149 Å². The molecule has 0 N–H and O–H groups in total. The number of amides is 1. The summed E-state index contributed by atoms with van der Waals surface area (Å²) < 4.78 is 1.96. The van der Waals surface area contributed by atoms with Crippen LogP contribution in [0.5, 0.6) is 0 Å². The first kappa shape index (κ1) is 17.6. The van der Waals surface area contributed by atoms with Crippen LogP contribution in [0.15, 0.2) is 24.7 Å². The lowest BCUT2D eigenvalue weighted by atomic mass is 9.94. The van der Waals surface area contributed by atoms with Gasteiger partial charge >= 0.3 is 0 Å². The monoisotopic (exact) mass is 341 g/mol. The number of carbonyl (C=O) groups is 1. The van der Waals surface area contributed by atoms with Crippen molar-refractivity contribution >= 4 is 5.91 Å². The lowest BCUT2D eigenvalue weighted by Gasteiger charge is -2.30. The van der Waals surface area contributed by atoms with Crippen molar-refractivity contribution in [2.45, 2.75) is 59.5 Å². The Balaban J connectivity index is 1.91. The fraction of sp³-hybridized carbons (Fsp3) is 0.579. The Morgan fingerprint density at radius 2 is 2.12 bits per heavy atom. The molecule has 6 heteroatoms. The number of hydrogen-bond acceptors (Lipinski definition) is 4. The van der Waals surface area contributed by atoms with Gasteiger partial charge in [-0.05, 0) is 25.3 Å². The summed E-state index contributed by atoms with van der Waals surface area (Å²) in [6.07, 6.45) is 8.32. The van der Waals surface area contributed by atoms with Gasteiger partial charge in [-0.3, -0.25) is 14.5 Å². The molecule has 1 atom stereocenters. The minimum atomic E-state index is -0.382. The fourth-order valence-corrected chi connectivity index (χ4v) is 3.35. The van der Waals surface area contributed by atoms with Gasteiger partial charge in [0.05, 0.1) is 29.8 Å². The van der Waals surface area contributed by atoms with Crippen molar-refractivity contribution in [2.24, 2.45) is 5.41 Å². The van der Waals surface area contributed by atoms with Gasteiger partial charge in [0.1, 0.15) is 5.69 Å². The van der Waals surface area contributed by atoms with Crippen molar-refractivity contribution in [3.63, 3.8) is 0 Å². The van der Waals surface area contributed by atoms with E-state index in [1.54, 1.807) is 18.6 Å². The molecule has 0 aromatic carbocycles. The Morgan fingerprint density at radius 3 is 2.84 bits per heavy atom. The Morgan fingerprint density at radius 1 is 1.32 bits per heavy atom. The zero-order valence-electron chi connectivity index (χ0n) is 15.6. The zero-order chi connectivity index (χ0) is 18.0. The van der Waals surface area contributed by atoms with E-state index in [0.717, 1.165) is 49.4 Å². The highest BCUT2D eigenvalue weighted by Crippen LogP contribution is 2.34. The minimum Gasteiger partial charge on any atom is -0.334 e. The molecule has 0 radical (unpaired) electrons. The molecule has 1 unspecified atom stereocenters. The molecule has 3 rings (SSSR count). The standard InChI is InChI=1S/C19H27N5O/c1-5-10-24-17(8-9-21-24)15-13-20-12-14(22-15)16-7-6-11-23(16)18(25)19(2,3)4/h8-9,12-13,16H,5-7,10-11H2,1-4H3. The number of nitrogens with zero attached hydrogens (tertiary/aromatic N) is 5. The molecule has 25 heavy (non-hydrogen) atoms. The predicted molar refractivity (Wildman–Crippen MR) is 96.7 cm³/mol. The SMILES string of the molecule is CCCn1nccc1-c1cncc(C2CCCN2C(=O)C(C)(C)C)n1. The van der Waals surface area contributed by atoms with E-state index in [2.05, 4.69) is 17.0 Å². The zero-order valence-corrected chi connectivity index (χ0v) is 15.6. The first-order chi connectivity index (χ1) is 11.9. The molecule has 1 saturated heterocycles. The Bertz CT molecular complexity index is 746. The number of aryl methyl sites for hydroxylation is 1. The minimum absolute atomic E-state index is 0.0155. The van der Waals surface area contributed by atoms with Gasteiger partial charge < -0.3 is 4.90 Å². The van der Waals surface area contributed by atoms with Crippen molar-refractivity contribution in [1.29, 1.82) is 0 Å². The van der Waals surface area contributed by atoms with Crippen LogP contribution in [0.2, 0.25) is 0 Å². The third-order valence-electron chi connectivity index (χ3n) is 4.56. The second-order valence-corrected chi connectivity index (χ2v) is 7.68. The summed E-state index contributed by atoms with van der Waals surface area (Å²) in [5.74, 6) is 0.179. The second-order valence-electron chi connectivity index (χ2n) is 7.68. The summed E-state index contributed by atoms with van der Waals surface area (Å²) in [7, 11) is 0. The molecule has 6 nitrogen and oxygen atoms in total. The Kier molecular flexibility index (Phi) is 4.88. The van der Waals surface area contributed by atoms with Crippen LogP contribution in [0, 0.1) is 5.41 Å². The van der Waals surface area contributed by atoms with Gasteiger partial charge in [0.2, 0.25) is 5.91 Å². The molecule has 1 fully saturated rings. The van der Waals surface area contributed by atoms with Gasteiger partial charge in [0.15, 0.2) is 0 Å². The molecular formula is C19H27N5O. The molecule has 2 aromatic rings. The van der Waals surface area contributed by atoms with E-state index >= 15 is 0 Å². The van der Waals surface area contributed by atoms with E-state index in [4.69, 9.17) is 4.98 Å². The van der Waals surface area contributed by atoms with Crippen molar-refractivity contribution in [3.05, 3.63) is 30.4 Å². The van der Waals surface area contributed by atoms with Crippen molar-refractivity contribution < 1.29 is 4.79 Å². The highest BCUT2D eigenvalue weighted by molar-refractivity contribution is 5.82. The Hall–Kier alpha value is -2.24. The van der Waals surface area contributed by atoms with E-state index in [1.165, 1.54) is 0 Å². The van der Waals surface area contributed by atoms with Crippen LogP contribution in [0.1, 0.15) is 58.7 Å². The number of aromatic nitrogens is 4. The van der Waals surface area contributed by atoms with Crippen LogP contribution in [-0.2, 0) is 11.3 Å². The molecule has 3 heterocycles. The summed E-state index contributed by atoms with van der Waals surface area (Å²) >= 11 is 0. The van der Waals surface area contributed by atoms with E-state index in [1.807, 2.05) is 36.4 Å². The van der Waals surface area contributed by atoms with Crippen LogP contribution in [0.25, 0.3) is 11.4 Å². The van der Waals surface area contributed by atoms with Gasteiger partial charge in [-0.2, -0.15) is 5.10 Å². The van der Waals surface area contributed by atoms with Crippen LogP contribution in [0.4, 0.5) is 0 Å². The van der Waals surface area contributed by atoms with Gasteiger partial charge in [0.25, 0.3) is 0 Å². The molecule has 2 aromatic heterocycles. The highest BCUT2D eigenvalue weighted by atomic mass is 16.2. The predicted octanol–water partition coefficient (Wildman–Crippen LogP) is 3.46. The van der Waals surface area contributed by atoms with Gasteiger partial charge in [-0.1, -0.05) is 27.7 Å². The molecule has 134 valence electrons. The second kappa shape index (κ2) is 6.94. The number of likely N-dealkylation sites (tertiary alicyclic amines) is 1. The van der Waals surface area contributed by atoms with E-state index in [-0.39, 0.29) is 17.4 Å². The molecule has 0 spiro atoms. The van der Waals surface area contributed by atoms with E-state index < -0.39 is 0 Å². The average Bonchev–Trinajstić information content (AvgIpc) is 3.23. The smallest absolute Gasteiger partial charge is 0.228 e. The first-order valence-corrected chi connectivity index (χ1v) is 9.07. The third-order valence-corrected chi connectivity index (χ3v) is 4.56. The molecule has 1 aliphatic rings. The summed E-state index contributed by atoms with van der Waals surface area (Å²) in [5, 5.41) is 4.37. The molecule has 1 amide bonds. The third kappa shape index (κ3) is 3.57. The lowest BCUT2D eigenvalue weighted by Crippen LogP contribution is -2.39. The summed E-state index contributed by atoms with van der Waals surface area (Å²) in [4.78, 5) is 24.0. The largest absolute Gasteiger partial charge is 0.334 e. The van der Waals surface area contributed by atoms with Crippen molar-refractivity contribution in [1.82, 2.24) is 24.6 Å². The molecule has 0 bridgehead atoms. The molecular weight excluding hydrogens is 314 g/mol. The summed E-state index contributed by atoms with van der Waals surface area (Å²) in [5.41, 5.74) is 2.28. The topological polar surface area (TPSA) is 63.9 Å². The van der Waals surface area contributed by atoms with Gasteiger partial charge in [-0.25, -0.2) is 4.98 Å². The average molecular weight is 341 g/mol. The van der Waals surface area contributed by atoms with Gasteiger partial charge in [0, 0.05) is 24.7 Å². The maximum absolute atomic E-state index is 12.8. The van der Waals surface area contributed by atoms with Crippen LogP contribution < -0.4 is 0 Å². The van der Waals surface area contributed by atoms with Crippen molar-refractivity contribution in [2.75, 3.05) is 6.54 Å². The first-order valence-electron chi connectivity index (χ1n) is 9.07. The summed E-state index contributed by atoms with van der Waals surface area (Å²) in [6.45, 7) is 9.68. The van der Waals surface area contributed by atoms with Crippen molar-refractivity contribution in [3.8, 4) is 11.4 Å². The van der Waals surface area contributed by atoms with Crippen LogP contribution >= 0.6 is 0 Å². The molecule has 0 saturated carbocycles. The highest BCUT2D eigenvalue weighted by Gasteiger charge is 2.36. The molecule has 1 aliphatic heterocycles.